The van der Waals surface area contributed by atoms with E-state index in [2.05, 4.69) is 33.3 Å². The van der Waals surface area contributed by atoms with E-state index in [9.17, 15) is 0 Å². The molecular formula is C12H16BrN3O. The Labute approximate surface area is 109 Å². The molecule has 1 unspecified atom stereocenters. The SMILES string of the molecule is CCNC(Cc1cnn(C)c1)c1ccoc1Br. The first kappa shape index (κ1) is 12.4. The number of likely N-dealkylation sites (N-methyl/N-ethyl adjacent to an activating group) is 1. The van der Waals surface area contributed by atoms with Crippen molar-refractivity contribution in [1.29, 1.82) is 0 Å². The Morgan fingerprint density at radius 2 is 2.41 bits per heavy atom. The van der Waals surface area contributed by atoms with Crippen molar-refractivity contribution in [1.82, 2.24) is 15.1 Å². The van der Waals surface area contributed by atoms with E-state index in [1.165, 1.54) is 5.56 Å². The average molecular weight is 298 g/mol. The van der Waals surface area contributed by atoms with Crippen LogP contribution in [-0.2, 0) is 13.5 Å². The highest BCUT2D eigenvalue weighted by Crippen LogP contribution is 2.26. The molecule has 17 heavy (non-hydrogen) atoms. The van der Waals surface area contributed by atoms with Gasteiger partial charge >= 0.3 is 0 Å². The van der Waals surface area contributed by atoms with Crippen molar-refractivity contribution in [2.75, 3.05) is 6.54 Å². The molecule has 4 nitrogen and oxygen atoms in total. The third kappa shape index (κ3) is 2.98. The molecule has 0 saturated heterocycles. The van der Waals surface area contributed by atoms with Gasteiger partial charge in [0.15, 0.2) is 4.67 Å². The number of aromatic nitrogens is 2. The molecule has 1 N–H and O–H groups in total. The second kappa shape index (κ2) is 5.51. The van der Waals surface area contributed by atoms with E-state index in [-0.39, 0.29) is 6.04 Å². The number of aryl methyl sites for hydroxylation is 1. The monoisotopic (exact) mass is 297 g/mol. The van der Waals surface area contributed by atoms with E-state index in [1.54, 1.807) is 6.26 Å². The van der Waals surface area contributed by atoms with Crippen LogP contribution >= 0.6 is 15.9 Å². The van der Waals surface area contributed by atoms with Gasteiger partial charge in [0, 0.05) is 24.8 Å². The van der Waals surface area contributed by atoms with E-state index < -0.39 is 0 Å². The topological polar surface area (TPSA) is 43.0 Å². The van der Waals surface area contributed by atoms with Gasteiger partial charge < -0.3 is 9.73 Å². The van der Waals surface area contributed by atoms with Gasteiger partial charge in [-0.3, -0.25) is 4.68 Å². The molecule has 0 aliphatic rings. The Morgan fingerprint density at radius 1 is 1.59 bits per heavy atom. The third-order valence-electron chi connectivity index (χ3n) is 2.67. The molecule has 0 fully saturated rings. The fourth-order valence-corrected chi connectivity index (χ4v) is 2.42. The molecule has 0 aliphatic carbocycles. The third-order valence-corrected chi connectivity index (χ3v) is 3.31. The van der Waals surface area contributed by atoms with Crippen molar-refractivity contribution >= 4 is 15.9 Å². The summed E-state index contributed by atoms with van der Waals surface area (Å²) in [5.74, 6) is 0. The second-order valence-corrected chi connectivity index (χ2v) is 4.71. The summed E-state index contributed by atoms with van der Waals surface area (Å²) in [7, 11) is 1.93. The number of nitrogens with one attached hydrogen (secondary N) is 1. The number of hydrogen-bond donors (Lipinski definition) is 1. The van der Waals surface area contributed by atoms with Crippen LogP contribution in [0.25, 0.3) is 0 Å². The number of rotatable bonds is 5. The van der Waals surface area contributed by atoms with Gasteiger partial charge in [-0.05, 0) is 40.5 Å². The van der Waals surface area contributed by atoms with Gasteiger partial charge in [-0.2, -0.15) is 5.10 Å². The Balaban J connectivity index is 2.15. The summed E-state index contributed by atoms with van der Waals surface area (Å²) in [6.07, 6.45) is 6.55. The van der Waals surface area contributed by atoms with Crippen molar-refractivity contribution in [3.63, 3.8) is 0 Å². The molecule has 0 spiro atoms. The van der Waals surface area contributed by atoms with Gasteiger partial charge in [0.25, 0.3) is 0 Å². The zero-order valence-corrected chi connectivity index (χ0v) is 11.6. The Hall–Kier alpha value is -1.07. The van der Waals surface area contributed by atoms with Crippen LogP contribution in [-0.4, -0.2) is 16.3 Å². The van der Waals surface area contributed by atoms with Gasteiger partial charge in [0.05, 0.1) is 12.5 Å². The summed E-state index contributed by atoms with van der Waals surface area (Å²) < 4.78 is 7.91. The van der Waals surface area contributed by atoms with Crippen molar-refractivity contribution < 1.29 is 4.42 Å². The lowest BCUT2D eigenvalue weighted by molar-refractivity contribution is 0.506. The van der Waals surface area contributed by atoms with Gasteiger partial charge in [0.1, 0.15) is 0 Å². The molecule has 0 aliphatic heterocycles. The number of halogens is 1. The summed E-state index contributed by atoms with van der Waals surface area (Å²) >= 11 is 3.43. The fourth-order valence-electron chi connectivity index (χ4n) is 1.91. The van der Waals surface area contributed by atoms with Crippen LogP contribution in [0.3, 0.4) is 0 Å². The van der Waals surface area contributed by atoms with Crippen LogP contribution in [0.15, 0.2) is 33.8 Å². The quantitative estimate of drug-likeness (QED) is 0.923. The van der Waals surface area contributed by atoms with E-state index in [1.807, 2.05) is 30.2 Å². The number of furan rings is 1. The molecule has 2 rings (SSSR count). The van der Waals surface area contributed by atoms with Crippen molar-refractivity contribution in [2.45, 2.75) is 19.4 Å². The number of hydrogen-bond acceptors (Lipinski definition) is 3. The highest BCUT2D eigenvalue weighted by Gasteiger charge is 2.16. The van der Waals surface area contributed by atoms with Crippen LogP contribution in [0.5, 0.6) is 0 Å². The average Bonchev–Trinajstić information content (AvgIpc) is 2.87. The van der Waals surface area contributed by atoms with Gasteiger partial charge in [-0.1, -0.05) is 6.92 Å². The predicted molar refractivity (Wildman–Crippen MR) is 69.7 cm³/mol. The van der Waals surface area contributed by atoms with E-state index in [0.717, 1.165) is 23.2 Å². The van der Waals surface area contributed by atoms with E-state index in [4.69, 9.17) is 4.42 Å². The van der Waals surface area contributed by atoms with Crippen LogP contribution in [0.2, 0.25) is 0 Å². The van der Waals surface area contributed by atoms with Gasteiger partial charge in [-0.15, -0.1) is 0 Å². The summed E-state index contributed by atoms with van der Waals surface area (Å²) in [6.45, 7) is 3.02. The van der Waals surface area contributed by atoms with Crippen molar-refractivity contribution in [3.8, 4) is 0 Å². The Bertz CT molecular complexity index is 478. The van der Waals surface area contributed by atoms with E-state index in [0.29, 0.717) is 0 Å². The molecule has 2 aromatic rings. The zero-order chi connectivity index (χ0) is 12.3. The van der Waals surface area contributed by atoms with E-state index >= 15 is 0 Å². The van der Waals surface area contributed by atoms with Gasteiger partial charge in [-0.25, -0.2) is 0 Å². The molecule has 2 aromatic heterocycles. The van der Waals surface area contributed by atoms with Crippen LogP contribution < -0.4 is 5.32 Å². The molecular weight excluding hydrogens is 282 g/mol. The Morgan fingerprint density at radius 3 is 2.94 bits per heavy atom. The summed E-state index contributed by atoms with van der Waals surface area (Å²) in [5, 5.41) is 7.64. The number of nitrogens with zero attached hydrogens (tertiary/aromatic N) is 2. The van der Waals surface area contributed by atoms with Crippen molar-refractivity contribution in [2.24, 2.45) is 7.05 Å². The Kier molecular flexibility index (Phi) is 4.02. The first-order valence-electron chi connectivity index (χ1n) is 5.64. The first-order chi connectivity index (χ1) is 8.20. The van der Waals surface area contributed by atoms with Gasteiger partial charge in [0.2, 0.25) is 0 Å². The highest BCUT2D eigenvalue weighted by atomic mass is 79.9. The minimum atomic E-state index is 0.248. The van der Waals surface area contributed by atoms with Crippen molar-refractivity contribution in [3.05, 3.63) is 40.5 Å². The molecule has 5 heteroatoms. The van der Waals surface area contributed by atoms with Crippen LogP contribution in [0.1, 0.15) is 24.1 Å². The summed E-state index contributed by atoms with van der Waals surface area (Å²) in [4.78, 5) is 0. The molecule has 0 radical (unpaired) electrons. The molecule has 0 aromatic carbocycles. The molecule has 1 atom stereocenters. The molecule has 0 saturated carbocycles. The summed E-state index contributed by atoms with van der Waals surface area (Å²) in [6, 6.07) is 2.24. The van der Waals surface area contributed by atoms with Crippen LogP contribution in [0, 0.1) is 0 Å². The first-order valence-corrected chi connectivity index (χ1v) is 6.43. The standard InChI is InChI=1S/C12H16BrN3O/c1-3-14-11(10-4-5-17-12(10)13)6-9-7-15-16(2)8-9/h4-5,7-8,11,14H,3,6H2,1-2H3. The maximum atomic E-state index is 5.29. The molecule has 0 amide bonds. The maximum Gasteiger partial charge on any atom is 0.173 e. The fraction of sp³-hybridized carbons (Fsp3) is 0.417. The lowest BCUT2D eigenvalue weighted by atomic mass is 10.0. The molecule has 2 heterocycles. The lowest BCUT2D eigenvalue weighted by Crippen LogP contribution is -2.22. The zero-order valence-electron chi connectivity index (χ0n) is 9.98. The highest BCUT2D eigenvalue weighted by molar-refractivity contribution is 9.10. The van der Waals surface area contributed by atoms with Crippen LogP contribution in [0.4, 0.5) is 0 Å². The normalized spacial score (nSPS) is 12.9. The summed E-state index contributed by atoms with van der Waals surface area (Å²) in [5.41, 5.74) is 2.36. The predicted octanol–water partition coefficient (Wildman–Crippen LogP) is 2.67. The lowest BCUT2D eigenvalue weighted by Gasteiger charge is -2.15. The smallest absolute Gasteiger partial charge is 0.173 e. The molecule has 0 bridgehead atoms. The minimum Gasteiger partial charge on any atom is -0.457 e. The largest absolute Gasteiger partial charge is 0.457 e. The second-order valence-electron chi connectivity index (χ2n) is 3.99. The molecule has 92 valence electrons. The minimum absolute atomic E-state index is 0.248. The maximum absolute atomic E-state index is 5.29.